The van der Waals surface area contributed by atoms with Crippen molar-refractivity contribution in [2.45, 2.75) is 26.7 Å². The van der Waals surface area contributed by atoms with E-state index in [1.54, 1.807) is 30.6 Å². The van der Waals surface area contributed by atoms with E-state index in [2.05, 4.69) is 29.4 Å². The third-order valence-corrected chi connectivity index (χ3v) is 6.29. The molecule has 7 heteroatoms. The number of aromatic nitrogens is 1. The van der Waals surface area contributed by atoms with Gasteiger partial charge in [-0.1, -0.05) is 41.9 Å². The Bertz CT molecular complexity index is 1390. The molecule has 0 aliphatic rings. The summed E-state index contributed by atoms with van der Waals surface area (Å²) >= 11 is 6.60. The van der Waals surface area contributed by atoms with Gasteiger partial charge in [-0.25, -0.2) is 0 Å². The second-order valence-electron chi connectivity index (χ2n) is 8.51. The van der Waals surface area contributed by atoms with Crippen LogP contribution >= 0.6 is 11.6 Å². The summed E-state index contributed by atoms with van der Waals surface area (Å²) < 4.78 is 12.3. The predicted molar refractivity (Wildman–Crippen MR) is 144 cm³/mol. The Morgan fingerprint density at radius 1 is 0.946 bits per heavy atom. The molecule has 0 atom stereocenters. The molecule has 0 aliphatic heterocycles. The zero-order valence-corrected chi connectivity index (χ0v) is 21.3. The monoisotopic (exact) mass is 513 g/mol. The first kappa shape index (κ1) is 26.2. The molecule has 0 fully saturated rings. The summed E-state index contributed by atoms with van der Waals surface area (Å²) in [5.74, 6) is 1.14. The van der Waals surface area contributed by atoms with Crippen LogP contribution in [0.5, 0.6) is 11.5 Å². The van der Waals surface area contributed by atoms with Crippen molar-refractivity contribution >= 4 is 11.6 Å². The first-order chi connectivity index (χ1) is 18.1. The fourth-order valence-corrected chi connectivity index (χ4v) is 4.23. The van der Waals surface area contributed by atoms with Gasteiger partial charge in [-0.05, 0) is 65.1 Å². The minimum absolute atomic E-state index is 0.0317. The van der Waals surface area contributed by atoms with Crippen LogP contribution in [0.25, 0.3) is 11.1 Å². The molecule has 0 aliphatic carbocycles. The first-order valence-corrected chi connectivity index (χ1v) is 12.3. The van der Waals surface area contributed by atoms with E-state index < -0.39 is 0 Å². The van der Waals surface area contributed by atoms with Gasteiger partial charge in [0, 0.05) is 37.1 Å². The van der Waals surface area contributed by atoms with Gasteiger partial charge in [0.25, 0.3) is 0 Å². The number of halogens is 1. The second-order valence-corrected chi connectivity index (χ2v) is 8.91. The van der Waals surface area contributed by atoms with Crippen LogP contribution in [0.3, 0.4) is 0 Å². The quantitative estimate of drug-likeness (QED) is 0.246. The summed E-state index contributed by atoms with van der Waals surface area (Å²) in [7, 11) is 0. The lowest BCUT2D eigenvalue weighted by Crippen LogP contribution is -2.18. The van der Waals surface area contributed by atoms with E-state index in [9.17, 15) is 5.26 Å². The summed E-state index contributed by atoms with van der Waals surface area (Å²) in [6, 6.07) is 23.2. The van der Waals surface area contributed by atoms with Crippen LogP contribution in [0, 0.1) is 18.3 Å². The largest absolute Gasteiger partial charge is 0.488 e. The van der Waals surface area contributed by atoms with Gasteiger partial charge in [0.15, 0.2) is 0 Å². The second kappa shape index (κ2) is 12.9. The molecule has 4 rings (SSSR count). The van der Waals surface area contributed by atoms with Gasteiger partial charge in [-0.3, -0.25) is 4.98 Å². The number of hydrogen-bond donors (Lipinski definition) is 2. The van der Waals surface area contributed by atoms with Gasteiger partial charge < -0.3 is 19.9 Å². The van der Waals surface area contributed by atoms with Crippen LogP contribution < -0.4 is 14.8 Å². The summed E-state index contributed by atoms with van der Waals surface area (Å²) in [5, 5.41) is 22.0. The first-order valence-electron chi connectivity index (χ1n) is 12.0. The Kier molecular flexibility index (Phi) is 9.12. The SMILES string of the molecule is Cc1c(COc2cc(OCc3cccc(C#N)c3)c(CNCCO)cc2Cl)cccc1-c1ccncc1. The highest BCUT2D eigenvalue weighted by molar-refractivity contribution is 6.32. The van der Waals surface area contributed by atoms with E-state index in [1.165, 1.54) is 0 Å². The summed E-state index contributed by atoms with van der Waals surface area (Å²) in [6.07, 6.45) is 3.57. The number of nitriles is 1. The minimum atomic E-state index is 0.0317. The molecule has 37 heavy (non-hydrogen) atoms. The number of aliphatic hydroxyl groups excluding tert-OH is 1. The predicted octanol–water partition coefficient (Wildman–Crippen LogP) is 5.82. The standard InChI is InChI=1S/C30H28ClN3O3/c1-21-25(6-3-7-27(21)24-8-10-33-11-9-24)20-37-30-16-29(26(15-28(30)31)18-34-12-13-35)36-19-23-5-2-4-22(14-23)17-32/h2-11,14-16,34-35H,12-13,18-20H2,1H3. The van der Waals surface area contributed by atoms with Crippen LogP contribution in [-0.4, -0.2) is 23.2 Å². The molecular weight excluding hydrogens is 486 g/mol. The number of rotatable bonds is 11. The molecule has 188 valence electrons. The van der Waals surface area contributed by atoms with Gasteiger partial charge in [-0.2, -0.15) is 5.26 Å². The van der Waals surface area contributed by atoms with Crippen LogP contribution in [0.2, 0.25) is 5.02 Å². The van der Waals surface area contributed by atoms with E-state index >= 15 is 0 Å². The van der Waals surface area contributed by atoms with Crippen molar-refractivity contribution in [2.75, 3.05) is 13.2 Å². The van der Waals surface area contributed by atoms with Crippen molar-refractivity contribution in [1.29, 1.82) is 5.26 Å². The lowest BCUT2D eigenvalue weighted by atomic mass is 9.97. The zero-order valence-electron chi connectivity index (χ0n) is 20.6. The smallest absolute Gasteiger partial charge is 0.142 e. The van der Waals surface area contributed by atoms with Gasteiger partial charge in [0.05, 0.1) is 23.3 Å². The third kappa shape index (κ3) is 6.87. The Balaban J connectivity index is 1.55. The van der Waals surface area contributed by atoms with Gasteiger partial charge in [0.2, 0.25) is 0 Å². The molecule has 0 saturated heterocycles. The highest BCUT2D eigenvalue weighted by atomic mass is 35.5. The molecular formula is C30H28ClN3O3. The molecule has 0 bridgehead atoms. The minimum Gasteiger partial charge on any atom is -0.488 e. The van der Waals surface area contributed by atoms with Crippen molar-refractivity contribution < 1.29 is 14.6 Å². The Labute approximate surface area is 222 Å². The van der Waals surface area contributed by atoms with Crippen LogP contribution in [0.1, 0.15) is 27.8 Å². The van der Waals surface area contributed by atoms with E-state index in [-0.39, 0.29) is 13.2 Å². The number of ether oxygens (including phenoxy) is 2. The molecule has 0 unspecified atom stereocenters. The highest BCUT2D eigenvalue weighted by Gasteiger charge is 2.13. The lowest BCUT2D eigenvalue weighted by molar-refractivity contribution is 0.282. The molecule has 1 aromatic heterocycles. The molecule has 1 heterocycles. The van der Waals surface area contributed by atoms with Crippen LogP contribution in [-0.2, 0) is 19.8 Å². The number of hydrogen-bond acceptors (Lipinski definition) is 6. The van der Waals surface area contributed by atoms with Crippen molar-refractivity contribution in [2.24, 2.45) is 0 Å². The topological polar surface area (TPSA) is 87.4 Å². The average Bonchev–Trinajstić information content (AvgIpc) is 2.93. The maximum absolute atomic E-state index is 9.18. The molecule has 0 spiro atoms. The summed E-state index contributed by atoms with van der Waals surface area (Å²) in [6.45, 7) is 3.67. The van der Waals surface area contributed by atoms with E-state index in [1.807, 2.05) is 42.5 Å². The molecule has 4 aromatic rings. The molecule has 0 radical (unpaired) electrons. The number of nitrogens with zero attached hydrogens (tertiary/aromatic N) is 2. The number of pyridine rings is 1. The Morgan fingerprint density at radius 2 is 1.73 bits per heavy atom. The van der Waals surface area contributed by atoms with Gasteiger partial charge >= 0.3 is 0 Å². The zero-order chi connectivity index (χ0) is 26.0. The van der Waals surface area contributed by atoms with Gasteiger partial charge in [0.1, 0.15) is 24.7 Å². The fraction of sp³-hybridized carbons (Fsp3) is 0.200. The van der Waals surface area contributed by atoms with E-state index in [0.29, 0.717) is 41.8 Å². The average molecular weight is 514 g/mol. The van der Waals surface area contributed by atoms with Crippen LogP contribution in [0.15, 0.2) is 79.1 Å². The Morgan fingerprint density at radius 3 is 2.51 bits per heavy atom. The van der Waals surface area contributed by atoms with Crippen molar-refractivity contribution in [3.8, 4) is 28.7 Å². The fourth-order valence-electron chi connectivity index (χ4n) is 3.99. The van der Waals surface area contributed by atoms with Crippen molar-refractivity contribution in [3.63, 3.8) is 0 Å². The summed E-state index contributed by atoms with van der Waals surface area (Å²) in [4.78, 5) is 4.11. The third-order valence-electron chi connectivity index (χ3n) is 5.99. The molecule has 2 N–H and O–H groups in total. The normalized spacial score (nSPS) is 10.6. The lowest BCUT2D eigenvalue weighted by Gasteiger charge is -2.17. The molecule has 6 nitrogen and oxygen atoms in total. The van der Waals surface area contributed by atoms with E-state index in [0.717, 1.165) is 33.4 Å². The molecule has 3 aromatic carbocycles. The van der Waals surface area contributed by atoms with Crippen LogP contribution in [0.4, 0.5) is 0 Å². The number of nitrogens with one attached hydrogen (secondary N) is 1. The summed E-state index contributed by atoms with van der Waals surface area (Å²) in [5.41, 5.74) is 6.72. The van der Waals surface area contributed by atoms with Crippen molar-refractivity contribution in [1.82, 2.24) is 10.3 Å². The molecule has 0 saturated carbocycles. The van der Waals surface area contributed by atoms with Gasteiger partial charge in [-0.15, -0.1) is 0 Å². The van der Waals surface area contributed by atoms with E-state index in [4.69, 9.17) is 26.2 Å². The number of benzene rings is 3. The maximum atomic E-state index is 9.18. The number of aliphatic hydroxyl groups is 1. The van der Waals surface area contributed by atoms with Crippen molar-refractivity contribution in [3.05, 3.63) is 112 Å². The Hall–Kier alpha value is -3.89. The molecule has 0 amide bonds. The highest BCUT2D eigenvalue weighted by Crippen LogP contribution is 2.35. The maximum Gasteiger partial charge on any atom is 0.142 e.